The Kier molecular flexibility index (Phi) is 5.71. The van der Waals surface area contributed by atoms with E-state index in [0.717, 1.165) is 5.56 Å². The molecule has 4 unspecified atom stereocenters. The van der Waals surface area contributed by atoms with Gasteiger partial charge in [0.25, 0.3) is 5.69 Å². The van der Waals surface area contributed by atoms with Crippen molar-refractivity contribution >= 4 is 63.5 Å². The van der Waals surface area contributed by atoms with Gasteiger partial charge in [0.2, 0.25) is 5.91 Å². The summed E-state index contributed by atoms with van der Waals surface area (Å²) in [4.78, 5) is 56.8. The number of nitro groups is 1. The summed E-state index contributed by atoms with van der Waals surface area (Å²) in [5, 5.41) is 16.9. The molecule has 10 heteroatoms. The van der Waals surface area contributed by atoms with Gasteiger partial charge in [-0.3, -0.25) is 24.5 Å². The summed E-state index contributed by atoms with van der Waals surface area (Å²) < 4.78 is 0. The van der Waals surface area contributed by atoms with Gasteiger partial charge in [-0.2, -0.15) is 0 Å². The molecule has 1 fully saturated rings. The van der Waals surface area contributed by atoms with Crippen molar-refractivity contribution in [2.45, 2.75) is 17.5 Å². The Hall–Kier alpha value is -4.60. The predicted octanol–water partition coefficient (Wildman–Crippen LogP) is 6.17. The van der Waals surface area contributed by atoms with Crippen LogP contribution >= 0.6 is 22.9 Å². The number of anilines is 2. The third-order valence-corrected chi connectivity index (χ3v) is 9.37. The number of carbonyl (C=O) groups is 3. The van der Waals surface area contributed by atoms with Crippen molar-refractivity contribution in [1.82, 2.24) is 0 Å². The summed E-state index contributed by atoms with van der Waals surface area (Å²) in [6.45, 7) is 0. The molecule has 1 aromatic heterocycles. The van der Waals surface area contributed by atoms with Gasteiger partial charge in [0.1, 0.15) is 11.5 Å². The maximum absolute atomic E-state index is 14.7. The Labute approximate surface area is 243 Å². The van der Waals surface area contributed by atoms with Crippen molar-refractivity contribution in [2.75, 3.05) is 10.2 Å². The quantitative estimate of drug-likeness (QED) is 0.172. The van der Waals surface area contributed by atoms with Crippen LogP contribution in [0.3, 0.4) is 0 Å². The van der Waals surface area contributed by atoms with E-state index in [4.69, 9.17) is 11.6 Å². The zero-order valence-corrected chi connectivity index (χ0v) is 22.8. The molecule has 4 atom stereocenters. The third-order valence-electron chi connectivity index (χ3n) is 8.25. The first-order valence-corrected chi connectivity index (χ1v) is 14.1. The highest BCUT2D eigenvalue weighted by Crippen LogP contribution is 2.58. The number of para-hydroxylation sites is 1. The number of thiophene rings is 1. The summed E-state index contributed by atoms with van der Waals surface area (Å²) in [6, 6.07) is 19.6. The first kappa shape index (κ1) is 25.4. The molecule has 1 amide bonds. The number of nitro benzene ring substituents is 1. The molecule has 7 rings (SSSR count). The molecule has 4 aromatic rings. The van der Waals surface area contributed by atoms with Crippen LogP contribution < -0.4 is 10.2 Å². The maximum atomic E-state index is 14.7. The number of ketones is 2. The minimum atomic E-state index is -1.50. The van der Waals surface area contributed by atoms with E-state index in [1.165, 1.54) is 35.6 Å². The highest BCUT2D eigenvalue weighted by atomic mass is 35.5. The number of amides is 1. The van der Waals surface area contributed by atoms with Crippen molar-refractivity contribution < 1.29 is 19.3 Å². The van der Waals surface area contributed by atoms with Crippen LogP contribution in [0.1, 0.15) is 31.2 Å². The van der Waals surface area contributed by atoms with Gasteiger partial charge in [-0.25, -0.2) is 0 Å². The topological polar surface area (TPSA) is 110 Å². The Morgan fingerprint density at radius 3 is 2.61 bits per heavy atom. The number of carbonyl (C=O) groups excluding carboxylic acids is 3. The molecular formula is C31H20ClN3O5S. The lowest BCUT2D eigenvalue weighted by Crippen LogP contribution is -2.51. The van der Waals surface area contributed by atoms with E-state index in [2.05, 4.69) is 5.32 Å². The monoisotopic (exact) mass is 581 g/mol. The van der Waals surface area contributed by atoms with Crippen LogP contribution in [0.2, 0.25) is 5.02 Å². The maximum Gasteiger partial charge on any atom is 0.270 e. The van der Waals surface area contributed by atoms with Crippen LogP contribution in [0.5, 0.6) is 0 Å². The first-order chi connectivity index (χ1) is 19.8. The van der Waals surface area contributed by atoms with E-state index in [9.17, 15) is 24.5 Å². The molecule has 3 aliphatic rings. The summed E-state index contributed by atoms with van der Waals surface area (Å²) in [5.74, 6) is -2.44. The van der Waals surface area contributed by atoms with E-state index >= 15 is 0 Å². The van der Waals surface area contributed by atoms with Gasteiger partial charge in [0.05, 0.1) is 21.8 Å². The SMILES string of the molecule is O=C(c1cccs1)C1C(C(=O)c2cccc([N+](=O)[O-])c2)C2(C(=O)Nc3ccccc32)C2C=Cc3cc(Cl)ccc3N12. The number of hydrogen-bond donors (Lipinski definition) is 1. The molecule has 1 N–H and O–H groups in total. The van der Waals surface area contributed by atoms with Crippen LogP contribution in [0, 0.1) is 16.0 Å². The first-order valence-electron chi connectivity index (χ1n) is 12.9. The molecule has 4 heterocycles. The Bertz CT molecular complexity index is 1820. The van der Waals surface area contributed by atoms with Gasteiger partial charge < -0.3 is 10.2 Å². The van der Waals surface area contributed by atoms with Crippen molar-refractivity contribution in [3.8, 4) is 0 Å². The number of nitrogens with one attached hydrogen (secondary N) is 1. The lowest BCUT2D eigenvalue weighted by atomic mass is 9.64. The summed E-state index contributed by atoms with van der Waals surface area (Å²) in [6.07, 6.45) is 3.72. The van der Waals surface area contributed by atoms with E-state index in [0.29, 0.717) is 26.8 Å². The number of fused-ring (bicyclic) bond motifs is 6. The second kappa shape index (κ2) is 9.22. The fraction of sp³-hybridized carbons (Fsp3) is 0.129. The summed E-state index contributed by atoms with van der Waals surface area (Å²) in [5.41, 5.74) is 0.902. The molecule has 0 aliphatic carbocycles. The van der Waals surface area contributed by atoms with Crippen LogP contribution in [0.4, 0.5) is 17.1 Å². The minimum absolute atomic E-state index is 0.0601. The number of halogens is 1. The highest BCUT2D eigenvalue weighted by molar-refractivity contribution is 7.12. The summed E-state index contributed by atoms with van der Waals surface area (Å²) in [7, 11) is 0. The van der Waals surface area contributed by atoms with E-state index in [1.54, 1.807) is 53.9 Å². The van der Waals surface area contributed by atoms with Crippen LogP contribution in [-0.2, 0) is 10.2 Å². The number of Topliss-reactive ketones (excluding diaryl/α,β-unsaturated/α-hetero) is 2. The van der Waals surface area contributed by atoms with Gasteiger partial charge in [-0.1, -0.05) is 60.2 Å². The lowest BCUT2D eigenvalue weighted by molar-refractivity contribution is -0.384. The zero-order chi connectivity index (χ0) is 28.5. The Morgan fingerprint density at radius 1 is 1.00 bits per heavy atom. The van der Waals surface area contributed by atoms with Gasteiger partial charge >= 0.3 is 0 Å². The van der Waals surface area contributed by atoms with Crippen LogP contribution in [-0.4, -0.2) is 34.5 Å². The van der Waals surface area contributed by atoms with Gasteiger partial charge in [-0.15, -0.1) is 11.3 Å². The van der Waals surface area contributed by atoms with Crippen LogP contribution in [0.25, 0.3) is 6.08 Å². The average Bonchev–Trinajstić information content (AvgIpc) is 3.69. The lowest BCUT2D eigenvalue weighted by Gasteiger charge is -2.37. The summed E-state index contributed by atoms with van der Waals surface area (Å²) >= 11 is 7.58. The molecule has 202 valence electrons. The molecule has 1 saturated heterocycles. The Morgan fingerprint density at radius 2 is 1.83 bits per heavy atom. The molecule has 3 aliphatic heterocycles. The second-order valence-corrected chi connectivity index (χ2v) is 11.6. The van der Waals surface area contributed by atoms with E-state index in [1.807, 2.05) is 23.1 Å². The normalized spacial score (nSPS) is 23.6. The third kappa shape index (κ3) is 3.55. The molecule has 3 aromatic carbocycles. The fourth-order valence-electron chi connectivity index (χ4n) is 6.67. The van der Waals surface area contributed by atoms with Crippen molar-refractivity contribution in [2.24, 2.45) is 5.92 Å². The molecule has 0 saturated carbocycles. The predicted molar refractivity (Wildman–Crippen MR) is 157 cm³/mol. The van der Waals surface area contributed by atoms with E-state index < -0.39 is 40.0 Å². The number of rotatable bonds is 5. The second-order valence-electron chi connectivity index (χ2n) is 10.2. The molecule has 8 nitrogen and oxygen atoms in total. The number of nitrogens with zero attached hydrogens (tertiary/aromatic N) is 2. The molecule has 1 spiro atoms. The number of benzene rings is 3. The van der Waals surface area contributed by atoms with Gasteiger partial charge in [0, 0.05) is 34.1 Å². The molecule has 0 bridgehead atoms. The average molecular weight is 582 g/mol. The van der Waals surface area contributed by atoms with Crippen molar-refractivity contribution in [3.05, 3.63) is 127 Å². The number of non-ortho nitro benzene ring substituents is 1. The standard InChI is InChI=1S/C31H20ClN3O5S/c32-19-11-12-23-17(15-19)10-13-25-31(21-7-1-2-8-22(21)33-30(31)38)26(27(34(23)25)29(37)24-9-4-14-41-24)28(36)18-5-3-6-20(16-18)35(39)40/h1-16,25-27H,(H,33,38). The number of hydrogen-bond acceptors (Lipinski definition) is 7. The molecular weight excluding hydrogens is 562 g/mol. The molecule has 0 radical (unpaired) electrons. The largest absolute Gasteiger partial charge is 0.352 e. The van der Waals surface area contributed by atoms with Crippen LogP contribution in [0.15, 0.2) is 90.3 Å². The highest BCUT2D eigenvalue weighted by Gasteiger charge is 2.70. The van der Waals surface area contributed by atoms with Gasteiger partial charge in [-0.05, 0) is 46.8 Å². The molecule has 41 heavy (non-hydrogen) atoms. The minimum Gasteiger partial charge on any atom is -0.352 e. The van der Waals surface area contributed by atoms with Gasteiger partial charge in [0.15, 0.2) is 11.6 Å². The van der Waals surface area contributed by atoms with Crippen molar-refractivity contribution in [3.63, 3.8) is 0 Å². The Balaban J connectivity index is 1.54. The van der Waals surface area contributed by atoms with E-state index in [-0.39, 0.29) is 17.0 Å². The smallest absolute Gasteiger partial charge is 0.270 e. The fourth-order valence-corrected chi connectivity index (χ4v) is 7.55. The van der Waals surface area contributed by atoms with Crippen molar-refractivity contribution in [1.29, 1.82) is 0 Å². The zero-order valence-electron chi connectivity index (χ0n) is 21.2.